The standard InChI is InChI=1S/C14H13F3N2O/c1-9-8-10(18)2-7-13(9)19-11-3-5-12(6-4-11)20-14(15,16)17/h2-8,19H,18H2,1H3. The summed E-state index contributed by atoms with van der Waals surface area (Å²) in [6, 6.07) is 10.9. The highest BCUT2D eigenvalue weighted by Crippen LogP contribution is 2.26. The van der Waals surface area contributed by atoms with Gasteiger partial charge in [-0.1, -0.05) is 0 Å². The zero-order valence-corrected chi connectivity index (χ0v) is 10.7. The number of anilines is 3. The van der Waals surface area contributed by atoms with E-state index >= 15 is 0 Å². The molecule has 6 heteroatoms. The summed E-state index contributed by atoms with van der Waals surface area (Å²) < 4.78 is 39.9. The van der Waals surface area contributed by atoms with Crippen LogP contribution >= 0.6 is 0 Å². The Morgan fingerprint density at radius 2 is 1.70 bits per heavy atom. The lowest BCUT2D eigenvalue weighted by molar-refractivity contribution is -0.274. The maximum atomic E-state index is 12.0. The SMILES string of the molecule is Cc1cc(N)ccc1Nc1ccc(OC(F)(F)F)cc1. The number of hydrogen-bond donors (Lipinski definition) is 2. The van der Waals surface area contributed by atoms with Gasteiger partial charge in [-0.2, -0.15) is 0 Å². The first-order valence-electron chi connectivity index (χ1n) is 5.82. The van der Waals surface area contributed by atoms with Gasteiger partial charge in [-0.05, 0) is 55.0 Å². The van der Waals surface area contributed by atoms with Gasteiger partial charge in [0.15, 0.2) is 0 Å². The summed E-state index contributed by atoms with van der Waals surface area (Å²) in [5, 5.41) is 3.10. The molecule has 0 aliphatic rings. The fourth-order valence-corrected chi connectivity index (χ4v) is 1.72. The van der Waals surface area contributed by atoms with Gasteiger partial charge in [0.05, 0.1) is 0 Å². The third kappa shape index (κ3) is 3.81. The minimum Gasteiger partial charge on any atom is -0.406 e. The quantitative estimate of drug-likeness (QED) is 0.829. The Morgan fingerprint density at radius 1 is 1.05 bits per heavy atom. The molecule has 0 unspecified atom stereocenters. The zero-order chi connectivity index (χ0) is 14.8. The van der Waals surface area contributed by atoms with Crippen molar-refractivity contribution in [1.29, 1.82) is 0 Å². The van der Waals surface area contributed by atoms with Crippen LogP contribution < -0.4 is 15.8 Å². The number of aryl methyl sites for hydroxylation is 1. The molecule has 20 heavy (non-hydrogen) atoms. The minimum atomic E-state index is -4.68. The lowest BCUT2D eigenvalue weighted by Gasteiger charge is -2.12. The molecule has 0 radical (unpaired) electrons. The molecular weight excluding hydrogens is 269 g/mol. The van der Waals surface area contributed by atoms with Crippen molar-refractivity contribution in [2.45, 2.75) is 13.3 Å². The molecule has 0 aromatic heterocycles. The van der Waals surface area contributed by atoms with E-state index in [0.29, 0.717) is 11.4 Å². The molecule has 0 atom stereocenters. The van der Waals surface area contributed by atoms with Gasteiger partial charge >= 0.3 is 6.36 Å². The molecule has 0 saturated carbocycles. The number of hydrogen-bond acceptors (Lipinski definition) is 3. The Morgan fingerprint density at radius 3 is 2.25 bits per heavy atom. The summed E-state index contributed by atoms with van der Waals surface area (Å²) >= 11 is 0. The molecule has 3 nitrogen and oxygen atoms in total. The molecule has 106 valence electrons. The van der Waals surface area contributed by atoms with Gasteiger partial charge in [0.25, 0.3) is 0 Å². The topological polar surface area (TPSA) is 47.3 Å². The molecule has 0 heterocycles. The van der Waals surface area contributed by atoms with Gasteiger partial charge in [-0.25, -0.2) is 0 Å². The number of nitrogens with one attached hydrogen (secondary N) is 1. The van der Waals surface area contributed by atoms with E-state index in [1.165, 1.54) is 24.3 Å². The molecule has 2 aromatic carbocycles. The van der Waals surface area contributed by atoms with Gasteiger partial charge in [0.2, 0.25) is 0 Å². The van der Waals surface area contributed by atoms with Crippen LogP contribution in [0.4, 0.5) is 30.2 Å². The van der Waals surface area contributed by atoms with Crippen molar-refractivity contribution in [3.63, 3.8) is 0 Å². The van der Waals surface area contributed by atoms with Crippen LogP contribution in [0.1, 0.15) is 5.56 Å². The van der Waals surface area contributed by atoms with Crippen LogP contribution in [0.15, 0.2) is 42.5 Å². The second kappa shape index (κ2) is 5.32. The predicted octanol–water partition coefficient (Wildman–Crippen LogP) is 4.22. The molecule has 0 aliphatic heterocycles. The van der Waals surface area contributed by atoms with Crippen molar-refractivity contribution in [2.75, 3.05) is 11.1 Å². The highest BCUT2D eigenvalue weighted by Gasteiger charge is 2.30. The van der Waals surface area contributed by atoms with E-state index in [1.54, 1.807) is 6.07 Å². The number of halogens is 3. The Labute approximate surface area is 114 Å². The average Bonchev–Trinajstić information content (AvgIpc) is 2.33. The number of nitrogen functional groups attached to an aromatic ring is 1. The number of benzene rings is 2. The summed E-state index contributed by atoms with van der Waals surface area (Å²) in [6.45, 7) is 1.89. The van der Waals surface area contributed by atoms with Gasteiger partial charge in [0.1, 0.15) is 5.75 Å². The van der Waals surface area contributed by atoms with Crippen LogP contribution in [0.25, 0.3) is 0 Å². The first kappa shape index (κ1) is 14.0. The molecule has 3 N–H and O–H groups in total. The Hall–Kier alpha value is -2.37. The van der Waals surface area contributed by atoms with Crippen molar-refractivity contribution in [2.24, 2.45) is 0 Å². The third-order valence-corrected chi connectivity index (χ3v) is 2.62. The molecule has 2 aromatic rings. The highest BCUT2D eigenvalue weighted by molar-refractivity contribution is 5.66. The highest BCUT2D eigenvalue weighted by atomic mass is 19.4. The van der Waals surface area contributed by atoms with E-state index in [0.717, 1.165) is 11.3 Å². The van der Waals surface area contributed by atoms with E-state index in [-0.39, 0.29) is 5.75 Å². The molecule has 0 amide bonds. The molecule has 0 saturated heterocycles. The van der Waals surface area contributed by atoms with E-state index in [9.17, 15) is 13.2 Å². The fraction of sp³-hybridized carbons (Fsp3) is 0.143. The first-order chi connectivity index (χ1) is 9.33. The normalized spacial score (nSPS) is 11.2. The van der Waals surface area contributed by atoms with Crippen LogP contribution in [-0.4, -0.2) is 6.36 Å². The van der Waals surface area contributed by atoms with Crippen LogP contribution in [0.5, 0.6) is 5.75 Å². The summed E-state index contributed by atoms with van der Waals surface area (Å²) in [4.78, 5) is 0. The maximum Gasteiger partial charge on any atom is 0.573 e. The summed E-state index contributed by atoms with van der Waals surface area (Å²) in [7, 11) is 0. The van der Waals surface area contributed by atoms with Crippen molar-refractivity contribution < 1.29 is 17.9 Å². The fourth-order valence-electron chi connectivity index (χ4n) is 1.72. The maximum absolute atomic E-state index is 12.0. The number of nitrogens with two attached hydrogens (primary N) is 1. The number of alkyl halides is 3. The van der Waals surface area contributed by atoms with Crippen molar-refractivity contribution in [1.82, 2.24) is 0 Å². The lowest BCUT2D eigenvalue weighted by Crippen LogP contribution is -2.16. The summed E-state index contributed by atoms with van der Waals surface area (Å²) in [6.07, 6.45) is -4.68. The molecule has 0 fully saturated rings. The lowest BCUT2D eigenvalue weighted by atomic mass is 10.1. The number of rotatable bonds is 3. The monoisotopic (exact) mass is 282 g/mol. The Kier molecular flexibility index (Phi) is 3.74. The van der Waals surface area contributed by atoms with Crippen LogP contribution in [0.3, 0.4) is 0 Å². The van der Waals surface area contributed by atoms with E-state index in [4.69, 9.17) is 5.73 Å². The van der Waals surface area contributed by atoms with Crippen LogP contribution in [-0.2, 0) is 0 Å². The molecule has 2 rings (SSSR count). The van der Waals surface area contributed by atoms with E-state index in [1.807, 2.05) is 19.1 Å². The predicted molar refractivity (Wildman–Crippen MR) is 72.0 cm³/mol. The van der Waals surface area contributed by atoms with E-state index in [2.05, 4.69) is 10.1 Å². The minimum absolute atomic E-state index is 0.253. The van der Waals surface area contributed by atoms with Gasteiger partial charge in [0, 0.05) is 17.1 Å². The van der Waals surface area contributed by atoms with Gasteiger partial charge in [-0.3, -0.25) is 0 Å². The van der Waals surface area contributed by atoms with Crippen molar-refractivity contribution in [3.05, 3.63) is 48.0 Å². The van der Waals surface area contributed by atoms with Crippen LogP contribution in [0, 0.1) is 6.92 Å². The van der Waals surface area contributed by atoms with E-state index < -0.39 is 6.36 Å². The van der Waals surface area contributed by atoms with Gasteiger partial charge in [-0.15, -0.1) is 13.2 Å². The smallest absolute Gasteiger partial charge is 0.406 e. The van der Waals surface area contributed by atoms with Crippen LogP contribution in [0.2, 0.25) is 0 Å². The summed E-state index contributed by atoms with van der Waals surface area (Å²) in [5.41, 5.74) is 8.74. The van der Waals surface area contributed by atoms with Crippen molar-refractivity contribution >= 4 is 17.1 Å². The molecule has 0 spiro atoms. The molecule has 0 aliphatic carbocycles. The average molecular weight is 282 g/mol. The Bertz CT molecular complexity index is 594. The molecular formula is C14H13F3N2O. The molecule has 0 bridgehead atoms. The second-order valence-corrected chi connectivity index (χ2v) is 4.27. The Balaban J connectivity index is 2.11. The third-order valence-electron chi connectivity index (χ3n) is 2.62. The summed E-state index contributed by atoms with van der Waals surface area (Å²) in [5.74, 6) is -0.253. The zero-order valence-electron chi connectivity index (χ0n) is 10.7. The number of ether oxygens (including phenoxy) is 1. The largest absolute Gasteiger partial charge is 0.573 e. The van der Waals surface area contributed by atoms with Crippen molar-refractivity contribution in [3.8, 4) is 5.75 Å². The first-order valence-corrected chi connectivity index (χ1v) is 5.82. The second-order valence-electron chi connectivity index (χ2n) is 4.27. The van der Waals surface area contributed by atoms with Gasteiger partial charge < -0.3 is 15.8 Å².